The maximum absolute atomic E-state index is 13.4. The van der Waals surface area contributed by atoms with Gasteiger partial charge in [-0.1, -0.05) is 30.2 Å². The molecule has 3 atom stereocenters. The summed E-state index contributed by atoms with van der Waals surface area (Å²) in [5.74, 6) is 1.49. The van der Waals surface area contributed by atoms with Gasteiger partial charge in [0.2, 0.25) is 5.91 Å². The molecular formula is C23H28N2O4S. The van der Waals surface area contributed by atoms with E-state index in [-0.39, 0.29) is 23.4 Å². The minimum atomic E-state index is -3.92. The van der Waals surface area contributed by atoms with Gasteiger partial charge < -0.3 is 10.1 Å². The predicted molar refractivity (Wildman–Crippen MR) is 116 cm³/mol. The molecule has 2 aliphatic carbocycles. The van der Waals surface area contributed by atoms with Crippen molar-refractivity contribution in [2.24, 2.45) is 11.8 Å². The molecule has 2 saturated carbocycles. The highest BCUT2D eigenvalue weighted by Gasteiger charge is 2.40. The Morgan fingerprint density at radius 1 is 1.13 bits per heavy atom. The van der Waals surface area contributed by atoms with E-state index in [1.807, 2.05) is 6.92 Å². The van der Waals surface area contributed by atoms with Gasteiger partial charge in [-0.25, -0.2) is 8.42 Å². The van der Waals surface area contributed by atoms with E-state index in [9.17, 15) is 13.2 Å². The van der Waals surface area contributed by atoms with Crippen molar-refractivity contribution in [2.75, 3.05) is 18.0 Å². The Balaban J connectivity index is 1.61. The number of carbonyl (C=O) groups is 1. The largest absolute Gasteiger partial charge is 0.497 e. The Bertz CT molecular complexity index is 1020. The van der Waals surface area contributed by atoms with Gasteiger partial charge in [-0.15, -0.1) is 0 Å². The molecule has 0 spiro atoms. The number of carbonyl (C=O) groups excluding carboxylic acids is 1. The van der Waals surface area contributed by atoms with Crippen molar-refractivity contribution in [3.63, 3.8) is 0 Å². The van der Waals surface area contributed by atoms with Crippen LogP contribution in [0.2, 0.25) is 0 Å². The molecular weight excluding hydrogens is 400 g/mol. The van der Waals surface area contributed by atoms with Gasteiger partial charge in [-0.2, -0.15) is 0 Å². The Labute approximate surface area is 178 Å². The predicted octanol–water partition coefficient (Wildman–Crippen LogP) is 3.50. The zero-order valence-electron chi connectivity index (χ0n) is 17.4. The highest BCUT2D eigenvalue weighted by Crippen LogP contribution is 2.44. The molecule has 2 fully saturated rings. The van der Waals surface area contributed by atoms with Gasteiger partial charge >= 0.3 is 0 Å². The molecule has 0 heterocycles. The average molecular weight is 429 g/mol. The number of hydrogen-bond donors (Lipinski definition) is 1. The lowest BCUT2D eigenvalue weighted by atomic mass is 9.95. The van der Waals surface area contributed by atoms with E-state index in [0.29, 0.717) is 23.3 Å². The molecule has 1 N–H and O–H groups in total. The van der Waals surface area contributed by atoms with Crippen LogP contribution >= 0.6 is 0 Å². The second-order valence-electron chi connectivity index (χ2n) is 8.38. The topological polar surface area (TPSA) is 75.7 Å². The first-order chi connectivity index (χ1) is 14.4. The number of anilines is 1. The summed E-state index contributed by atoms with van der Waals surface area (Å²) < 4.78 is 33.3. The van der Waals surface area contributed by atoms with Crippen LogP contribution in [0.1, 0.15) is 31.2 Å². The smallest absolute Gasteiger partial charge is 0.264 e. The number of fused-ring (bicyclic) bond motifs is 2. The second kappa shape index (κ2) is 8.30. The van der Waals surface area contributed by atoms with Crippen LogP contribution in [0, 0.1) is 18.8 Å². The number of rotatable bonds is 7. The van der Waals surface area contributed by atoms with Gasteiger partial charge in [-0.05, 0) is 62.3 Å². The molecule has 0 unspecified atom stereocenters. The SMILES string of the molecule is COc1cccc(N(CC(=O)N[C@@H]2C[C@H]3CC[C@H]2C3)S(=O)(=O)c2ccc(C)cc2)c1. The van der Waals surface area contributed by atoms with E-state index in [1.165, 1.54) is 24.3 Å². The fourth-order valence-corrected chi connectivity index (χ4v) is 6.14. The Morgan fingerprint density at radius 2 is 1.90 bits per heavy atom. The molecule has 4 rings (SSSR count). The third-order valence-corrected chi connectivity index (χ3v) is 8.11. The summed E-state index contributed by atoms with van der Waals surface area (Å²) in [6.45, 7) is 1.64. The average Bonchev–Trinajstić information content (AvgIpc) is 3.35. The Hall–Kier alpha value is -2.54. The summed E-state index contributed by atoms with van der Waals surface area (Å²) >= 11 is 0. The van der Waals surface area contributed by atoms with E-state index in [2.05, 4.69) is 5.32 Å². The number of methoxy groups -OCH3 is 1. The first-order valence-electron chi connectivity index (χ1n) is 10.4. The van der Waals surface area contributed by atoms with Crippen LogP contribution in [0.4, 0.5) is 5.69 Å². The molecule has 0 aromatic heterocycles. The summed E-state index contributed by atoms with van der Waals surface area (Å²) in [4.78, 5) is 13.1. The van der Waals surface area contributed by atoms with E-state index in [4.69, 9.17) is 4.74 Å². The second-order valence-corrected chi connectivity index (χ2v) is 10.2. The van der Waals surface area contributed by atoms with Gasteiger partial charge in [0, 0.05) is 12.1 Å². The first-order valence-corrected chi connectivity index (χ1v) is 11.8. The van der Waals surface area contributed by atoms with E-state index in [0.717, 1.165) is 18.4 Å². The van der Waals surface area contributed by atoms with E-state index < -0.39 is 10.0 Å². The quantitative estimate of drug-likeness (QED) is 0.732. The summed E-state index contributed by atoms with van der Waals surface area (Å²) in [7, 11) is -2.39. The molecule has 2 aliphatic rings. The van der Waals surface area contributed by atoms with Crippen molar-refractivity contribution < 1.29 is 17.9 Å². The van der Waals surface area contributed by atoms with Crippen LogP contribution in [0.25, 0.3) is 0 Å². The summed E-state index contributed by atoms with van der Waals surface area (Å²) in [6, 6.07) is 13.6. The first kappa shape index (κ1) is 20.7. The van der Waals surface area contributed by atoms with Crippen LogP contribution < -0.4 is 14.4 Å². The van der Waals surface area contributed by atoms with Gasteiger partial charge in [-0.3, -0.25) is 9.10 Å². The summed E-state index contributed by atoms with van der Waals surface area (Å²) in [5, 5.41) is 3.10. The lowest BCUT2D eigenvalue weighted by Crippen LogP contribution is -2.46. The molecule has 160 valence electrons. The maximum Gasteiger partial charge on any atom is 0.264 e. The molecule has 0 radical (unpaired) electrons. The number of amides is 1. The zero-order chi connectivity index (χ0) is 21.3. The molecule has 30 heavy (non-hydrogen) atoms. The minimum Gasteiger partial charge on any atom is -0.497 e. The van der Waals surface area contributed by atoms with Crippen molar-refractivity contribution >= 4 is 21.6 Å². The summed E-state index contributed by atoms with van der Waals surface area (Å²) in [5.41, 5.74) is 1.37. The molecule has 1 amide bonds. The number of hydrogen-bond acceptors (Lipinski definition) is 4. The minimum absolute atomic E-state index is 0.156. The molecule has 2 aromatic carbocycles. The van der Waals surface area contributed by atoms with Gasteiger partial charge in [0.25, 0.3) is 10.0 Å². The van der Waals surface area contributed by atoms with E-state index in [1.54, 1.807) is 48.5 Å². The molecule has 2 aromatic rings. The normalized spacial score (nSPS) is 22.7. The number of ether oxygens (including phenoxy) is 1. The van der Waals surface area contributed by atoms with Crippen molar-refractivity contribution in [1.29, 1.82) is 0 Å². The van der Waals surface area contributed by atoms with Crippen LogP contribution in [0.3, 0.4) is 0 Å². The van der Waals surface area contributed by atoms with Gasteiger partial charge in [0.1, 0.15) is 12.3 Å². The lowest BCUT2D eigenvalue weighted by molar-refractivity contribution is -0.120. The summed E-state index contributed by atoms with van der Waals surface area (Å²) in [6.07, 6.45) is 4.57. The molecule has 0 saturated heterocycles. The number of sulfonamides is 1. The lowest BCUT2D eigenvalue weighted by Gasteiger charge is -2.27. The van der Waals surface area contributed by atoms with Crippen molar-refractivity contribution in [3.05, 3.63) is 54.1 Å². The third-order valence-electron chi connectivity index (χ3n) is 6.32. The fourth-order valence-electron chi connectivity index (χ4n) is 4.72. The Morgan fingerprint density at radius 3 is 2.53 bits per heavy atom. The van der Waals surface area contributed by atoms with Crippen molar-refractivity contribution in [3.8, 4) is 5.75 Å². The molecule has 2 bridgehead atoms. The van der Waals surface area contributed by atoms with Crippen LogP contribution in [-0.4, -0.2) is 34.0 Å². The van der Waals surface area contributed by atoms with Crippen LogP contribution in [0.15, 0.2) is 53.4 Å². The number of benzene rings is 2. The number of nitrogens with one attached hydrogen (secondary N) is 1. The van der Waals surface area contributed by atoms with Gasteiger partial charge in [0.15, 0.2) is 0 Å². The maximum atomic E-state index is 13.4. The fraction of sp³-hybridized carbons (Fsp3) is 0.435. The third kappa shape index (κ3) is 4.17. The standard InChI is InChI=1S/C23H28N2O4S/c1-16-6-10-21(11-7-16)30(27,28)25(19-4-3-5-20(14-19)29-2)15-23(26)24-22-13-17-8-9-18(22)12-17/h3-7,10-11,14,17-18,22H,8-9,12-13,15H2,1-2H3,(H,24,26)/t17-,18-,22+/m0/s1. The van der Waals surface area contributed by atoms with Crippen LogP contribution in [0.5, 0.6) is 5.75 Å². The van der Waals surface area contributed by atoms with Crippen molar-refractivity contribution in [1.82, 2.24) is 5.32 Å². The highest BCUT2D eigenvalue weighted by atomic mass is 32.2. The van der Waals surface area contributed by atoms with Gasteiger partial charge in [0.05, 0.1) is 17.7 Å². The molecule has 0 aliphatic heterocycles. The van der Waals surface area contributed by atoms with Crippen LogP contribution in [-0.2, 0) is 14.8 Å². The van der Waals surface area contributed by atoms with E-state index >= 15 is 0 Å². The Kier molecular flexibility index (Phi) is 5.73. The number of aryl methyl sites for hydroxylation is 1. The molecule has 7 heteroatoms. The molecule has 6 nitrogen and oxygen atoms in total. The zero-order valence-corrected chi connectivity index (χ0v) is 18.2. The number of nitrogens with zero attached hydrogens (tertiary/aromatic N) is 1. The highest BCUT2D eigenvalue weighted by molar-refractivity contribution is 7.92. The monoisotopic (exact) mass is 428 g/mol. The van der Waals surface area contributed by atoms with Crippen molar-refractivity contribution in [2.45, 2.75) is 43.5 Å².